The quantitative estimate of drug-likeness (QED) is 0.853. The van der Waals surface area contributed by atoms with Gasteiger partial charge < -0.3 is 5.11 Å². The third-order valence-electron chi connectivity index (χ3n) is 3.80. The monoisotopic (exact) mass is 254 g/mol. The average Bonchev–Trinajstić information content (AvgIpc) is 2.20. The van der Waals surface area contributed by atoms with E-state index in [1.54, 1.807) is 0 Å². The lowest BCUT2D eigenvalue weighted by atomic mass is 9.71. The highest BCUT2D eigenvalue weighted by Gasteiger charge is 2.36. The van der Waals surface area contributed by atoms with Crippen molar-refractivity contribution in [2.24, 2.45) is 11.8 Å². The number of aliphatic hydroxyl groups is 1. The van der Waals surface area contributed by atoms with Crippen LogP contribution in [0.3, 0.4) is 0 Å². The Morgan fingerprint density at radius 2 is 1.83 bits per heavy atom. The van der Waals surface area contributed by atoms with Gasteiger partial charge in [0.15, 0.2) is 0 Å². The summed E-state index contributed by atoms with van der Waals surface area (Å²) < 4.78 is 26.5. The molecule has 1 aromatic rings. The van der Waals surface area contributed by atoms with E-state index >= 15 is 0 Å². The molecule has 2 unspecified atom stereocenters. The van der Waals surface area contributed by atoms with Crippen LogP contribution < -0.4 is 0 Å². The number of hydrogen-bond donors (Lipinski definition) is 1. The Labute approximate surface area is 107 Å². The van der Waals surface area contributed by atoms with Crippen LogP contribution in [0.2, 0.25) is 0 Å². The molecule has 1 fully saturated rings. The first-order valence-electron chi connectivity index (χ1n) is 6.54. The van der Waals surface area contributed by atoms with Crippen molar-refractivity contribution in [3.05, 3.63) is 35.4 Å². The van der Waals surface area contributed by atoms with Crippen molar-refractivity contribution in [3.8, 4) is 0 Å². The number of halogens is 2. The highest BCUT2D eigenvalue weighted by Crippen LogP contribution is 2.38. The second-order valence-corrected chi connectivity index (χ2v) is 5.99. The molecule has 0 bridgehead atoms. The van der Waals surface area contributed by atoms with Crippen molar-refractivity contribution in [3.63, 3.8) is 0 Å². The van der Waals surface area contributed by atoms with Gasteiger partial charge in [-0.1, -0.05) is 19.9 Å². The maximum absolute atomic E-state index is 13.6. The lowest BCUT2D eigenvalue weighted by molar-refractivity contribution is -0.0310. The standard InChI is InChI=1S/C15H20F2O/c1-10-5-11(2)8-15(18,7-10)9-12-3-4-13(16)6-14(12)17/h3-4,6,10-11,18H,5,7-9H2,1-2H3. The van der Waals surface area contributed by atoms with Crippen molar-refractivity contribution in [1.29, 1.82) is 0 Å². The van der Waals surface area contributed by atoms with Crippen LogP contribution in [0.4, 0.5) is 8.78 Å². The lowest BCUT2D eigenvalue weighted by Crippen LogP contribution is -2.40. The average molecular weight is 254 g/mol. The predicted molar refractivity (Wildman–Crippen MR) is 67.2 cm³/mol. The molecule has 1 aliphatic rings. The van der Waals surface area contributed by atoms with Crippen molar-refractivity contribution in [2.75, 3.05) is 0 Å². The van der Waals surface area contributed by atoms with Gasteiger partial charge >= 0.3 is 0 Å². The maximum atomic E-state index is 13.6. The van der Waals surface area contributed by atoms with Crippen LogP contribution in [0.1, 0.15) is 38.7 Å². The molecule has 100 valence electrons. The second-order valence-electron chi connectivity index (χ2n) is 5.99. The van der Waals surface area contributed by atoms with Crippen LogP contribution in [0.5, 0.6) is 0 Å². The minimum atomic E-state index is -0.851. The Hall–Kier alpha value is -0.960. The van der Waals surface area contributed by atoms with Gasteiger partial charge in [0.2, 0.25) is 0 Å². The summed E-state index contributed by atoms with van der Waals surface area (Å²) in [7, 11) is 0. The summed E-state index contributed by atoms with van der Waals surface area (Å²) in [6.07, 6.45) is 2.75. The highest BCUT2D eigenvalue weighted by molar-refractivity contribution is 5.21. The minimum absolute atomic E-state index is 0.272. The van der Waals surface area contributed by atoms with Crippen LogP contribution in [0, 0.1) is 23.5 Å². The van der Waals surface area contributed by atoms with Gasteiger partial charge in [0.25, 0.3) is 0 Å². The largest absolute Gasteiger partial charge is 0.390 e. The summed E-state index contributed by atoms with van der Waals surface area (Å²) in [4.78, 5) is 0. The van der Waals surface area contributed by atoms with E-state index in [1.807, 2.05) is 0 Å². The van der Waals surface area contributed by atoms with Crippen molar-refractivity contribution < 1.29 is 13.9 Å². The minimum Gasteiger partial charge on any atom is -0.390 e. The molecule has 0 aromatic heterocycles. The van der Waals surface area contributed by atoms with E-state index in [-0.39, 0.29) is 6.42 Å². The van der Waals surface area contributed by atoms with Crippen molar-refractivity contribution in [1.82, 2.24) is 0 Å². The van der Waals surface area contributed by atoms with E-state index in [9.17, 15) is 13.9 Å². The molecule has 3 heteroatoms. The zero-order valence-corrected chi connectivity index (χ0v) is 10.9. The van der Waals surface area contributed by atoms with Crippen LogP contribution in [0.25, 0.3) is 0 Å². The Morgan fingerprint density at radius 3 is 2.39 bits per heavy atom. The third-order valence-corrected chi connectivity index (χ3v) is 3.80. The Kier molecular flexibility index (Phi) is 3.71. The smallest absolute Gasteiger partial charge is 0.129 e. The summed E-state index contributed by atoms with van der Waals surface area (Å²) in [5.41, 5.74) is -0.448. The molecular formula is C15H20F2O. The van der Waals surface area contributed by atoms with Gasteiger partial charge in [0.1, 0.15) is 11.6 Å². The summed E-state index contributed by atoms with van der Waals surface area (Å²) in [5, 5.41) is 10.6. The van der Waals surface area contributed by atoms with Gasteiger partial charge in [-0.3, -0.25) is 0 Å². The normalized spacial score (nSPS) is 32.5. The van der Waals surface area contributed by atoms with E-state index in [1.165, 1.54) is 12.1 Å². The lowest BCUT2D eigenvalue weighted by Gasteiger charge is -2.39. The molecule has 2 atom stereocenters. The first-order chi connectivity index (χ1) is 8.38. The fourth-order valence-corrected chi connectivity index (χ4v) is 3.40. The summed E-state index contributed by atoms with van der Waals surface area (Å²) >= 11 is 0. The SMILES string of the molecule is CC1CC(C)CC(O)(Cc2ccc(F)cc2F)C1. The van der Waals surface area contributed by atoms with Gasteiger partial charge in [-0.15, -0.1) is 0 Å². The van der Waals surface area contributed by atoms with Crippen LogP contribution in [0.15, 0.2) is 18.2 Å². The van der Waals surface area contributed by atoms with Gasteiger partial charge in [-0.25, -0.2) is 8.78 Å². The van der Waals surface area contributed by atoms with Gasteiger partial charge in [0.05, 0.1) is 5.60 Å². The van der Waals surface area contributed by atoms with E-state index in [4.69, 9.17) is 0 Å². The first-order valence-corrected chi connectivity index (χ1v) is 6.54. The second kappa shape index (κ2) is 4.96. The molecule has 0 spiro atoms. The number of rotatable bonds is 2. The van der Waals surface area contributed by atoms with E-state index in [0.717, 1.165) is 12.5 Å². The fraction of sp³-hybridized carbons (Fsp3) is 0.600. The summed E-state index contributed by atoms with van der Waals surface area (Å²) in [6, 6.07) is 3.57. The summed E-state index contributed by atoms with van der Waals surface area (Å²) in [6.45, 7) is 4.23. The zero-order valence-electron chi connectivity index (χ0n) is 10.9. The predicted octanol–water partition coefficient (Wildman–Crippen LogP) is 3.69. The van der Waals surface area contributed by atoms with Crippen LogP contribution >= 0.6 is 0 Å². The maximum Gasteiger partial charge on any atom is 0.129 e. The van der Waals surface area contributed by atoms with Gasteiger partial charge in [0, 0.05) is 12.5 Å². The van der Waals surface area contributed by atoms with E-state index < -0.39 is 17.2 Å². The first kappa shape index (κ1) is 13.5. The van der Waals surface area contributed by atoms with E-state index in [0.29, 0.717) is 30.2 Å². The molecule has 0 aliphatic heterocycles. The molecule has 1 saturated carbocycles. The highest BCUT2D eigenvalue weighted by atomic mass is 19.1. The Morgan fingerprint density at radius 1 is 1.22 bits per heavy atom. The van der Waals surface area contributed by atoms with Crippen LogP contribution in [-0.4, -0.2) is 10.7 Å². The number of benzene rings is 1. The molecule has 1 aromatic carbocycles. The van der Waals surface area contributed by atoms with E-state index in [2.05, 4.69) is 13.8 Å². The van der Waals surface area contributed by atoms with Crippen LogP contribution in [-0.2, 0) is 6.42 Å². The molecule has 0 radical (unpaired) electrons. The fourth-order valence-electron chi connectivity index (χ4n) is 3.40. The summed E-state index contributed by atoms with van der Waals surface area (Å²) in [5.74, 6) is -0.243. The molecule has 1 N–H and O–H groups in total. The molecule has 18 heavy (non-hydrogen) atoms. The molecule has 0 amide bonds. The van der Waals surface area contributed by atoms with Gasteiger partial charge in [-0.2, -0.15) is 0 Å². The molecular weight excluding hydrogens is 234 g/mol. The van der Waals surface area contributed by atoms with Crippen molar-refractivity contribution in [2.45, 2.75) is 45.1 Å². The zero-order chi connectivity index (χ0) is 13.3. The molecule has 0 heterocycles. The Bertz CT molecular complexity index is 421. The van der Waals surface area contributed by atoms with Crippen molar-refractivity contribution >= 4 is 0 Å². The molecule has 1 nitrogen and oxygen atoms in total. The third kappa shape index (κ3) is 3.08. The molecule has 2 rings (SSSR count). The molecule has 1 aliphatic carbocycles. The molecule has 0 saturated heterocycles. The topological polar surface area (TPSA) is 20.2 Å². The van der Waals surface area contributed by atoms with Gasteiger partial charge in [-0.05, 0) is 42.7 Å². The number of hydrogen-bond acceptors (Lipinski definition) is 1. The Balaban J connectivity index is 2.16.